The van der Waals surface area contributed by atoms with E-state index in [1.54, 1.807) is 50.0 Å². The summed E-state index contributed by atoms with van der Waals surface area (Å²) in [5.74, 6) is 2.13. The van der Waals surface area contributed by atoms with E-state index >= 15 is 0 Å². The van der Waals surface area contributed by atoms with Gasteiger partial charge in [-0.3, -0.25) is 4.98 Å². The SMILES string of the molecule is COc1ccc(NC(=O)Nc2ccc3nc(-c4cccnc4NCc4ccncc4)[nH]c3c2)cc1. The minimum atomic E-state index is -0.343. The van der Waals surface area contributed by atoms with Gasteiger partial charge in [-0.1, -0.05) is 0 Å². The molecule has 0 aliphatic rings. The number of benzene rings is 2. The number of ether oxygens (including phenoxy) is 1. The van der Waals surface area contributed by atoms with Crippen LogP contribution in [0.4, 0.5) is 22.0 Å². The normalized spacial score (nSPS) is 10.7. The van der Waals surface area contributed by atoms with E-state index in [1.807, 2.05) is 42.5 Å². The van der Waals surface area contributed by atoms with E-state index < -0.39 is 0 Å². The van der Waals surface area contributed by atoms with Gasteiger partial charge in [0, 0.05) is 36.5 Å². The van der Waals surface area contributed by atoms with Gasteiger partial charge >= 0.3 is 6.03 Å². The summed E-state index contributed by atoms with van der Waals surface area (Å²) in [6, 6.07) is 20.0. The molecular formula is C26H23N7O2. The lowest BCUT2D eigenvalue weighted by Crippen LogP contribution is -2.19. The Kier molecular flexibility index (Phi) is 6.21. The lowest BCUT2D eigenvalue weighted by molar-refractivity contribution is 0.262. The molecule has 5 rings (SSSR count). The predicted octanol–water partition coefficient (Wildman–Crippen LogP) is 5.28. The first-order valence-electron chi connectivity index (χ1n) is 11.0. The molecule has 9 heteroatoms. The quantitative estimate of drug-likeness (QED) is 0.260. The van der Waals surface area contributed by atoms with Crippen LogP contribution in [0.1, 0.15) is 5.56 Å². The van der Waals surface area contributed by atoms with Crippen LogP contribution in [-0.2, 0) is 6.54 Å². The number of hydrogen-bond donors (Lipinski definition) is 4. The van der Waals surface area contributed by atoms with E-state index in [4.69, 9.17) is 9.72 Å². The first-order chi connectivity index (χ1) is 17.2. The Bertz CT molecular complexity index is 1450. The predicted molar refractivity (Wildman–Crippen MR) is 137 cm³/mol. The molecule has 3 aromatic heterocycles. The van der Waals surface area contributed by atoms with Gasteiger partial charge in [0.05, 0.1) is 23.7 Å². The highest BCUT2D eigenvalue weighted by Gasteiger charge is 2.12. The van der Waals surface area contributed by atoms with Crippen molar-refractivity contribution in [2.24, 2.45) is 0 Å². The second-order valence-electron chi connectivity index (χ2n) is 7.73. The number of nitrogens with one attached hydrogen (secondary N) is 4. The Morgan fingerprint density at radius 3 is 2.51 bits per heavy atom. The Morgan fingerprint density at radius 1 is 0.943 bits per heavy atom. The molecular weight excluding hydrogens is 442 g/mol. The molecule has 2 amide bonds. The molecule has 0 aliphatic carbocycles. The molecule has 0 saturated carbocycles. The van der Waals surface area contributed by atoms with E-state index in [0.717, 1.165) is 33.7 Å². The first-order valence-corrected chi connectivity index (χ1v) is 11.0. The summed E-state index contributed by atoms with van der Waals surface area (Å²) in [6.07, 6.45) is 5.27. The molecule has 0 aliphatic heterocycles. The topological polar surface area (TPSA) is 117 Å². The van der Waals surface area contributed by atoms with Gasteiger partial charge in [0.25, 0.3) is 0 Å². The minimum Gasteiger partial charge on any atom is -0.497 e. The fourth-order valence-electron chi connectivity index (χ4n) is 3.61. The fraction of sp³-hybridized carbons (Fsp3) is 0.0769. The molecule has 174 valence electrons. The first kappa shape index (κ1) is 21.9. The van der Waals surface area contributed by atoms with Crippen molar-refractivity contribution in [3.8, 4) is 17.1 Å². The van der Waals surface area contributed by atoms with E-state index in [-0.39, 0.29) is 6.03 Å². The Labute approximate surface area is 201 Å². The Balaban J connectivity index is 1.31. The third kappa shape index (κ3) is 5.19. The molecule has 9 nitrogen and oxygen atoms in total. The number of carbonyl (C=O) groups is 1. The van der Waals surface area contributed by atoms with Crippen LogP contribution < -0.4 is 20.7 Å². The standard InChI is InChI=1S/C26H23N7O2/c1-35-20-7-4-18(5-8-20)30-26(34)31-19-6-9-22-23(15-19)33-25(32-22)21-3-2-12-28-24(21)29-16-17-10-13-27-14-11-17/h2-15H,16H2,1H3,(H,28,29)(H,32,33)(H2,30,31,34). The van der Waals surface area contributed by atoms with Gasteiger partial charge in [-0.05, 0) is 72.3 Å². The van der Waals surface area contributed by atoms with Crippen molar-refractivity contribution in [1.82, 2.24) is 19.9 Å². The Morgan fingerprint density at radius 2 is 1.71 bits per heavy atom. The maximum atomic E-state index is 12.4. The third-order valence-electron chi connectivity index (χ3n) is 5.36. The molecule has 0 fully saturated rings. The number of anilines is 3. The number of rotatable bonds is 7. The summed E-state index contributed by atoms with van der Waals surface area (Å²) in [5.41, 5.74) is 4.84. The molecule has 0 spiro atoms. The van der Waals surface area contributed by atoms with Gasteiger partial charge in [-0.15, -0.1) is 0 Å². The van der Waals surface area contributed by atoms with Crippen molar-refractivity contribution in [2.45, 2.75) is 6.54 Å². The monoisotopic (exact) mass is 465 g/mol. The molecule has 0 unspecified atom stereocenters. The fourth-order valence-corrected chi connectivity index (χ4v) is 3.61. The van der Waals surface area contributed by atoms with E-state index in [2.05, 4.69) is 30.9 Å². The number of amides is 2. The highest BCUT2D eigenvalue weighted by atomic mass is 16.5. The van der Waals surface area contributed by atoms with Gasteiger partial charge in [0.1, 0.15) is 17.4 Å². The number of H-pyrrole nitrogens is 1. The summed E-state index contributed by atoms with van der Waals surface area (Å²) in [4.78, 5) is 29.0. The van der Waals surface area contributed by atoms with Crippen molar-refractivity contribution in [2.75, 3.05) is 23.1 Å². The molecule has 0 bridgehead atoms. The minimum absolute atomic E-state index is 0.343. The van der Waals surface area contributed by atoms with Gasteiger partial charge in [0.2, 0.25) is 0 Å². The maximum Gasteiger partial charge on any atom is 0.323 e. The summed E-state index contributed by atoms with van der Waals surface area (Å²) in [5, 5.41) is 9.02. The number of carbonyl (C=O) groups excluding carboxylic acids is 1. The van der Waals surface area contributed by atoms with Crippen LogP contribution in [-0.4, -0.2) is 33.1 Å². The summed E-state index contributed by atoms with van der Waals surface area (Å²) in [7, 11) is 1.60. The van der Waals surface area contributed by atoms with Crippen LogP contribution in [0.2, 0.25) is 0 Å². The van der Waals surface area contributed by atoms with Gasteiger partial charge in [-0.25, -0.2) is 14.8 Å². The van der Waals surface area contributed by atoms with Crippen LogP contribution in [0, 0.1) is 0 Å². The van der Waals surface area contributed by atoms with Crippen LogP contribution in [0.5, 0.6) is 5.75 Å². The van der Waals surface area contributed by atoms with Crippen LogP contribution in [0.25, 0.3) is 22.4 Å². The smallest absolute Gasteiger partial charge is 0.323 e. The average Bonchev–Trinajstić information content (AvgIpc) is 3.32. The van der Waals surface area contributed by atoms with Crippen molar-refractivity contribution in [3.63, 3.8) is 0 Å². The highest BCUT2D eigenvalue weighted by molar-refractivity contribution is 6.01. The molecule has 0 radical (unpaired) electrons. The van der Waals surface area contributed by atoms with Gasteiger partial charge in [-0.2, -0.15) is 0 Å². The second kappa shape index (κ2) is 9.92. The Hall–Kier alpha value is -4.92. The van der Waals surface area contributed by atoms with Crippen molar-refractivity contribution in [3.05, 3.63) is 90.9 Å². The van der Waals surface area contributed by atoms with Gasteiger partial charge in [0.15, 0.2) is 0 Å². The molecule has 0 atom stereocenters. The van der Waals surface area contributed by atoms with Crippen LogP contribution in [0.3, 0.4) is 0 Å². The molecule has 5 aromatic rings. The highest BCUT2D eigenvalue weighted by Crippen LogP contribution is 2.27. The van der Waals surface area contributed by atoms with E-state index in [9.17, 15) is 4.79 Å². The number of urea groups is 1. The van der Waals surface area contributed by atoms with Crippen molar-refractivity contribution in [1.29, 1.82) is 0 Å². The van der Waals surface area contributed by atoms with Crippen LogP contribution in [0.15, 0.2) is 85.3 Å². The molecule has 35 heavy (non-hydrogen) atoms. The number of pyridine rings is 2. The van der Waals surface area contributed by atoms with E-state index in [1.165, 1.54) is 0 Å². The van der Waals surface area contributed by atoms with E-state index in [0.29, 0.717) is 23.7 Å². The molecule has 0 saturated heterocycles. The molecule has 2 aromatic carbocycles. The van der Waals surface area contributed by atoms with Crippen molar-refractivity contribution < 1.29 is 9.53 Å². The lowest BCUT2D eigenvalue weighted by Gasteiger charge is -2.09. The lowest BCUT2D eigenvalue weighted by atomic mass is 10.2. The maximum absolute atomic E-state index is 12.4. The number of nitrogens with zero attached hydrogens (tertiary/aromatic N) is 3. The number of aromatic nitrogens is 4. The molecule has 4 N–H and O–H groups in total. The number of methoxy groups -OCH3 is 1. The zero-order valence-corrected chi connectivity index (χ0v) is 18.9. The molecule has 3 heterocycles. The number of fused-ring (bicyclic) bond motifs is 1. The summed E-state index contributed by atoms with van der Waals surface area (Å²) in [6.45, 7) is 0.615. The zero-order valence-electron chi connectivity index (χ0n) is 18.9. The third-order valence-corrected chi connectivity index (χ3v) is 5.36. The largest absolute Gasteiger partial charge is 0.497 e. The number of aromatic amines is 1. The van der Waals surface area contributed by atoms with Gasteiger partial charge < -0.3 is 25.7 Å². The average molecular weight is 466 g/mol. The number of hydrogen-bond acceptors (Lipinski definition) is 6. The summed E-state index contributed by atoms with van der Waals surface area (Å²) >= 11 is 0. The number of imidazole rings is 1. The zero-order chi connectivity index (χ0) is 24.0. The second-order valence-corrected chi connectivity index (χ2v) is 7.73. The van der Waals surface area contributed by atoms with Crippen molar-refractivity contribution >= 4 is 34.3 Å². The van der Waals surface area contributed by atoms with Crippen LogP contribution >= 0.6 is 0 Å². The summed E-state index contributed by atoms with van der Waals surface area (Å²) < 4.78 is 5.14.